The molecule has 1 aliphatic rings. The maximum absolute atomic E-state index is 10.7. The van der Waals surface area contributed by atoms with Crippen molar-refractivity contribution < 1.29 is 19.8 Å². The van der Waals surface area contributed by atoms with Gasteiger partial charge in [-0.2, -0.15) is 5.11 Å². The maximum Gasteiger partial charge on any atom is 0.317 e. The molecule has 0 radical (unpaired) electrons. The molecule has 0 bridgehead atoms. The van der Waals surface area contributed by atoms with Gasteiger partial charge >= 0.3 is 11.9 Å². The third-order valence-corrected chi connectivity index (χ3v) is 3.95. The van der Waals surface area contributed by atoms with Gasteiger partial charge in [0.1, 0.15) is 5.25 Å². The average molecular weight is 266 g/mol. The number of aliphatic carboxylic acids is 2. The van der Waals surface area contributed by atoms with Crippen LogP contribution in [0.5, 0.6) is 0 Å². The van der Waals surface area contributed by atoms with E-state index in [1.165, 1.54) is 0 Å². The zero-order chi connectivity index (χ0) is 11.4. The van der Waals surface area contributed by atoms with Crippen LogP contribution in [-0.4, -0.2) is 36.4 Å². The van der Waals surface area contributed by atoms with Crippen molar-refractivity contribution in [1.82, 2.24) is 0 Å². The number of rotatable bonds is 5. The number of hydrogen-bond donors (Lipinski definition) is 2. The molecule has 2 N–H and O–H groups in total. The Hall–Kier alpha value is -0.670. The lowest BCUT2D eigenvalue weighted by molar-refractivity contribution is -0.142. The summed E-state index contributed by atoms with van der Waals surface area (Å²) in [7, 11) is 0. The van der Waals surface area contributed by atoms with E-state index < -0.39 is 28.3 Å². The van der Waals surface area contributed by atoms with Gasteiger partial charge in [-0.15, -0.1) is 16.9 Å². The Balaban J connectivity index is 2.52. The van der Waals surface area contributed by atoms with Gasteiger partial charge in [-0.1, -0.05) is 11.8 Å². The number of carboxylic acids is 2. The standard InChI is InChI=1S/C6H6N2O4S3/c9-3(10)1-2(4(11)12)14-6-8-7-5(13)15-6/h2,6H,1H2,(H,9,10)(H,11,12). The third kappa shape index (κ3) is 4.14. The maximum atomic E-state index is 10.7. The summed E-state index contributed by atoms with van der Waals surface area (Å²) in [6, 6.07) is 0. The summed E-state index contributed by atoms with van der Waals surface area (Å²) in [5.41, 5.74) is 0. The minimum atomic E-state index is -1.17. The predicted octanol–water partition coefficient (Wildman–Crippen LogP) is 1.42. The number of azo groups is 1. The van der Waals surface area contributed by atoms with Crippen molar-refractivity contribution >= 4 is 52.0 Å². The lowest BCUT2D eigenvalue weighted by atomic mass is 10.3. The molecule has 6 nitrogen and oxygen atoms in total. The van der Waals surface area contributed by atoms with Crippen molar-refractivity contribution in [1.29, 1.82) is 0 Å². The van der Waals surface area contributed by atoms with E-state index in [-0.39, 0.29) is 0 Å². The summed E-state index contributed by atoms with van der Waals surface area (Å²) < 4.78 is -0.107. The fourth-order valence-corrected chi connectivity index (χ4v) is 3.28. The Morgan fingerprint density at radius 3 is 2.67 bits per heavy atom. The number of thioether (sulfide) groups is 2. The molecule has 1 heterocycles. The van der Waals surface area contributed by atoms with E-state index in [1.54, 1.807) is 0 Å². The van der Waals surface area contributed by atoms with Crippen molar-refractivity contribution in [3.8, 4) is 0 Å². The first-order chi connectivity index (χ1) is 6.99. The van der Waals surface area contributed by atoms with Crippen molar-refractivity contribution in [2.45, 2.75) is 16.4 Å². The molecule has 0 saturated carbocycles. The molecule has 0 amide bonds. The highest BCUT2D eigenvalue weighted by molar-refractivity contribution is 8.30. The van der Waals surface area contributed by atoms with E-state index in [2.05, 4.69) is 10.2 Å². The van der Waals surface area contributed by atoms with E-state index in [0.717, 1.165) is 23.5 Å². The number of hydrogen-bond acceptors (Lipinski definition) is 6. The summed E-state index contributed by atoms with van der Waals surface area (Å²) in [5, 5.41) is 23.5. The van der Waals surface area contributed by atoms with Gasteiger partial charge in [0.05, 0.1) is 6.42 Å². The molecular weight excluding hydrogens is 260 g/mol. The Bertz CT molecular complexity index is 332. The molecule has 9 heteroatoms. The Morgan fingerprint density at radius 2 is 2.27 bits per heavy atom. The Kier molecular flexibility index (Phi) is 4.48. The minimum absolute atomic E-state index is 0.340. The van der Waals surface area contributed by atoms with Crippen LogP contribution < -0.4 is 0 Å². The van der Waals surface area contributed by atoms with Crippen LogP contribution in [0.4, 0.5) is 0 Å². The molecule has 0 saturated heterocycles. The highest BCUT2D eigenvalue weighted by Crippen LogP contribution is 2.35. The lowest BCUT2D eigenvalue weighted by Gasteiger charge is -2.10. The summed E-state index contributed by atoms with van der Waals surface area (Å²) in [4.78, 5) is 21.1. The van der Waals surface area contributed by atoms with Gasteiger partial charge in [0.25, 0.3) is 0 Å². The zero-order valence-corrected chi connectivity index (χ0v) is 9.64. The van der Waals surface area contributed by atoms with Crippen molar-refractivity contribution in [3.63, 3.8) is 0 Å². The van der Waals surface area contributed by atoms with E-state index >= 15 is 0 Å². The zero-order valence-electron chi connectivity index (χ0n) is 7.19. The number of thiocarbonyl (C=S) groups is 1. The van der Waals surface area contributed by atoms with Gasteiger partial charge in [0, 0.05) is 0 Å². The normalized spacial score (nSPS) is 21.6. The number of nitrogens with zero attached hydrogens (tertiary/aromatic N) is 2. The summed E-state index contributed by atoms with van der Waals surface area (Å²) >= 11 is 6.80. The molecule has 15 heavy (non-hydrogen) atoms. The number of carboxylic acid groups (broad SMARTS) is 2. The number of carbonyl (C=O) groups is 2. The SMILES string of the molecule is O=C(O)CC(SC1N=NC(=S)S1)C(=O)O. The summed E-state index contributed by atoms with van der Waals surface area (Å²) in [6.07, 6.45) is -0.445. The van der Waals surface area contributed by atoms with Crippen molar-refractivity contribution in [2.24, 2.45) is 10.2 Å². The van der Waals surface area contributed by atoms with Crippen LogP contribution in [0.25, 0.3) is 0 Å². The van der Waals surface area contributed by atoms with Crippen LogP contribution in [0.2, 0.25) is 0 Å². The van der Waals surface area contributed by atoms with Crippen LogP contribution in [0.1, 0.15) is 6.42 Å². The first-order valence-corrected chi connectivity index (χ1v) is 5.93. The van der Waals surface area contributed by atoms with E-state index in [0.29, 0.717) is 4.32 Å². The highest BCUT2D eigenvalue weighted by atomic mass is 32.2. The summed E-state index contributed by atoms with van der Waals surface area (Å²) in [5.74, 6) is -2.33. The molecule has 2 unspecified atom stereocenters. The second-order valence-corrected chi connectivity index (χ2v) is 5.77. The monoisotopic (exact) mass is 266 g/mol. The quantitative estimate of drug-likeness (QED) is 0.726. The fourth-order valence-electron chi connectivity index (χ4n) is 0.775. The van der Waals surface area contributed by atoms with Gasteiger partial charge in [-0.05, 0) is 12.2 Å². The van der Waals surface area contributed by atoms with Gasteiger partial charge in [0.2, 0.25) is 0 Å². The Morgan fingerprint density at radius 1 is 1.60 bits per heavy atom. The molecule has 2 atom stereocenters. The second-order valence-electron chi connectivity index (χ2n) is 2.47. The van der Waals surface area contributed by atoms with Crippen molar-refractivity contribution in [2.75, 3.05) is 0 Å². The first-order valence-electron chi connectivity index (χ1n) is 3.70. The third-order valence-electron chi connectivity index (χ3n) is 1.35. The van der Waals surface area contributed by atoms with Gasteiger partial charge in [-0.25, -0.2) is 0 Å². The molecule has 82 valence electrons. The van der Waals surface area contributed by atoms with Gasteiger partial charge < -0.3 is 10.2 Å². The molecule has 0 fully saturated rings. The molecule has 0 aromatic rings. The smallest absolute Gasteiger partial charge is 0.317 e. The fraction of sp³-hybridized carbons (Fsp3) is 0.500. The topological polar surface area (TPSA) is 99.3 Å². The first kappa shape index (κ1) is 12.4. The van der Waals surface area contributed by atoms with Crippen LogP contribution in [0, 0.1) is 0 Å². The van der Waals surface area contributed by atoms with Crippen LogP contribution in [-0.2, 0) is 9.59 Å². The van der Waals surface area contributed by atoms with E-state index in [4.69, 9.17) is 22.4 Å². The van der Waals surface area contributed by atoms with Crippen LogP contribution >= 0.6 is 35.7 Å². The molecular formula is C6H6N2O4S3. The summed E-state index contributed by atoms with van der Waals surface area (Å²) in [6.45, 7) is 0. The molecule has 0 aromatic carbocycles. The Labute approximate surface area is 98.5 Å². The molecule has 0 spiro atoms. The predicted molar refractivity (Wildman–Crippen MR) is 60.1 cm³/mol. The molecule has 1 aliphatic heterocycles. The van der Waals surface area contributed by atoms with Crippen LogP contribution in [0.15, 0.2) is 10.2 Å². The van der Waals surface area contributed by atoms with E-state index in [9.17, 15) is 9.59 Å². The second kappa shape index (κ2) is 5.42. The lowest BCUT2D eigenvalue weighted by Crippen LogP contribution is -2.22. The molecule has 0 aromatic heterocycles. The largest absolute Gasteiger partial charge is 0.481 e. The van der Waals surface area contributed by atoms with Crippen molar-refractivity contribution in [3.05, 3.63) is 0 Å². The van der Waals surface area contributed by atoms with Gasteiger partial charge in [0.15, 0.2) is 9.03 Å². The van der Waals surface area contributed by atoms with Gasteiger partial charge in [-0.3, -0.25) is 9.59 Å². The highest BCUT2D eigenvalue weighted by Gasteiger charge is 2.28. The van der Waals surface area contributed by atoms with E-state index in [1.807, 2.05) is 0 Å². The molecule has 1 rings (SSSR count). The molecule has 0 aliphatic carbocycles. The van der Waals surface area contributed by atoms with Crippen LogP contribution in [0.3, 0.4) is 0 Å². The minimum Gasteiger partial charge on any atom is -0.481 e. The average Bonchev–Trinajstić information content (AvgIpc) is 2.49.